The number of amides is 1. The van der Waals surface area contributed by atoms with Gasteiger partial charge in [-0.05, 0) is 56.4 Å². The van der Waals surface area contributed by atoms with Crippen LogP contribution in [0.15, 0.2) is 36.5 Å². The lowest BCUT2D eigenvalue weighted by Gasteiger charge is -2.38. The van der Waals surface area contributed by atoms with Gasteiger partial charge in [0.05, 0.1) is 30.1 Å². The summed E-state index contributed by atoms with van der Waals surface area (Å²) in [5, 5.41) is 3.39. The Bertz CT molecular complexity index is 1130. The van der Waals surface area contributed by atoms with Gasteiger partial charge in [-0.2, -0.15) is 0 Å². The van der Waals surface area contributed by atoms with Crippen molar-refractivity contribution >= 4 is 28.8 Å². The van der Waals surface area contributed by atoms with Gasteiger partial charge in [0.25, 0.3) is 5.92 Å². The van der Waals surface area contributed by atoms with Crippen LogP contribution in [0.2, 0.25) is 0 Å². The van der Waals surface area contributed by atoms with E-state index in [4.69, 9.17) is 4.74 Å². The third-order valence-corrected chi connectivity index (χ3v) is 8.39. The Labute approximate surface area is 211 Å². The molecule has 3 fully saturated rings. The third-order valence-electron chi connectivity index (χ3n) is 8.39. The van der Waals surface area contributed by atoms with Crippen molar-refractivity contribution in [1.82, 2.24) is 4.98 Å². The monoisotopic (exact) mass is 496 g/mol. The standard InChI is InChI=1S/C28H34F2N4O2/c1-2-4-20-7-6-18(14-28(20,29)30)27(35)34-15-19-5-3-12-31-26(19)32-24-11-8-21(13-25(24)34)33-16-22-9-10-23(17-33)36-22/h3,5,8,11-13,18,20,22-23H,2,4,6-7,9-10,14-17H2,1H3,(H,31,32)/t18-,20-,22?,23?/m1/s1. The normalized spacial score (nSPS) is 28.6. The maximum absolute atomic E-state index is 15.0. The molecule has 0 spiro atoms. The molecule has 2 bridgehead atoms. The van der Waals surface area contributed by atoms with Gasteiger partial charge in [-0.25, -0.2) is 13.8 Å². The van der Waals surface area contributed by atoms with E-state index in [1.54, 1.807) is 11.1 Å². The number of alkyl halides is 2. The molecule has 6 nitrogen and oxygen atoms in total. The summed E-state index contributed by atoms with van der Waals surface area (Å²) in [6.07, 6.45) is 6.13. The number of nitrogens with zero attached hydrogens (tertiary/aromatic N) is 3. The van der Waals surface area contributed by atoms with Gasteiger partial charge in [0.2, 0.25) is 5.91 Å². The number of hydrogen-bond acceptors (Lipinski definition) is 5. The number of morpholine rings is 1. The van der Waals surface area contributed by atoms with Crippen molar-refractivity contribution in [3.05, 3.63) is 42.1 Å². The molecule has 1 amide bonds. The molecule has 2 aromatic rings. The van der Waals surface area contributed by atoms with Crippen molar-refractivity contribution in [3.63, 3.8) is 0 Å². The smallest absolute Gasteiger partial charge is 0.251 e. The molecule has 0 radical (unpaired) electrons. The van der Waals surface area contributed by atoms with Gasteiger partial charge in [0.15, 0.2) is 0 Å². The first-order chi connectivity index (χ1) is 17.4. The molecule has 4 aliphatic rings. The molecular formula is C28H34F2N4O2. The molecule has 2 saturated heterocycles. The Kier molecular flexibility index (Phi) is 6.10. The number of carbonyl (C=O) groups is 1. The number of hydrogen-bond donors (Lipinski definition) is 1. The summed E-state index contributed by atoms with van der Waals surface area (Å²) in [6, 6.07) is 9.88. The van der Waals surface area contributed by atoms with Crippen LogP contribution in [-0.2, 0) is 16.1 Å². The second-order valence-electron chi connectivity index (χ2n) is 10.8. The number of nitrogens with one attached hydrogen (secondary N) is 1. The van der Waals surface area contributed by atoms with E-state index < -0.39 is 17.8 Å². The van der Waals surface area contributed by atoms with Gasteiger partial charge < -0.3 is 19.9 Å². The van der Waals surface area contributed by atoms with E-state index in [9.17, 15) is 4.79 Å². The van der Waals surface area contributed by atoms with Crippen LogP contribution in [0.4, 0.5) is 31.7 Å². The summed E-state index contributed by atoms with van der Waals surface area (Å²) in [6.45, 7) is 3.90. The molecule has 1 aromatic heterocycles. The number of carbonyl (C=O) groups excluding carboxylic acids is 1. The molecule has 192 valence electrons. The van der Waals surface area contributed by atoms with E-state index in [0.717, 1.165) is 55.0 Å². The summed E-state index contributed by atoms with van der Waals surface area (Å²) in [4.78, 5) is 22.5. The fourth-order valence-electron chi connectivity index (χ4n) is 6.48. The first-order valence-corrected chi connectivity index (χ1v) is 13.4. The zero-order chi connectivity index (χ0) is 24.9. The molecule has 4 atom stereocenters. The molecule has 6 rings (SSSR count). The largest absolute Gasteiger partial charge is 0.371 e. The Hall–Kier alpha value is -2.74. The maximum atomic E-state index is 15.0. The second kappa shape index (κ2) is 9.29. The number of ether oxygens (including phenoxy) is 1. The van der Waals surface area contributed by atoms with Crippen LogP contribution < -0.4 is 15.1 Å². The maximum Gasteiger partial charge on any atom is 0.251 e. The van der Waals surface area contributed by atoms with Crippen LogP contribution in [0, 0.1) is 11.8 Å². The van der Waals surface area contributed by atoms with Crippen LogP contribution in [0.25, 0.3) is 0 Å². The molecule has 1 aliphatic carbocycles. The van der Waals surface area contributed by atoms with Gasteiger partial charge >= 0.3 is 0 Å². The summed E-state index contributed by atoms with van der Waals surface area (Å²) in [5.41, 5.74) is 3.41. The van der Waals surface area contributed by atoms with Crippen molar-refractivity contribution in [3.8, 4) is 0 Å². The van der Waals surface area contributed by atoms with E-state index in [0.29, 0.717) is 31.6 Å². The number of pyridine rings is 1. The van der Waals surface area contributed by atoms with Gasteiger partial charge in [-0.15, -0.1) is 0 Å². The average Bonchev–Trinajstić information content (AvgIpc) is 3.11. The van der Waals surface area contributed by atoms with Crippen molar-refractivity contribution in [2.75, 3.05) is 28.2 Å². The van der Waals surface area contributed by atoms with Crippen molar-refractivity contribution in [1.29, 1.82) is 0 Å². The van der Waals surface area contributed by atoms with Crippen molar-refractivity contribution in [2.24, 2.45) is 11.8 Å². The van der Waals surface area contributed by atoms with Crippen LogP contribution in [0.3, 0.4) is 0 Å². The highest BCUT2D eigenvalue weighted by Crippen LogP contribution is 2.46. The molecule has 3 aliphatic heterocycles. The molecule has 1 aromatic carbocycles. The van der Waals surface area contributed by atoms with Gasteiger partial charge in [-0.3, -0.25) is 4.79 Å². The zero-order valence-electron chi connectivity index (χ0n) is 20.8. The number of rotatable bonds is 4. The van der Waals surface area contributed by atoms with Crippen LogP contribution in [0.1, 0.15) is 57.4 Å². The summed E-state index contributed by atoms with van der Waals surface area (Å²) >= 11 is 0. The number of anilines is 4. The Morgan fingerprint density at radius 1 is 1.17 bits per heavy atom. The number of halogens is 2. The van der Waals surface area contributed by atoms with E-state index >= 15 is 8.78 Å². The lowest BCUT2D eigenvalue weighted by atomic mass is 9.76. The highest BCUT2D eigenvalue weighted by molar-refractivity contribution is 6.00. The Balaban J connectivity index is 1.33. The van der Waals surface area contributed by atoms with Crippen molar-refractivity contribution in [2.45, 2.75) is 76.5 Å². The lowest BCUT2D eigenvalue weighted by molar-refractivity contribution is -0.137. The minimum Gasteiger partial charge on any atom is -0.371 e. The van der Waals surface area contributed by atoms with Crippen LogP contribution >= 0.6 is 0 Å². The predicted octanol–water partition coefficient (Wildman–Crippen LogP) is 5.89. The van der Waals surface area contributed by atoms with Crippen LogP contribution in [-0.4, -0.2) is 42.1 Å². The highest BCUT2D eigenvalue weighted by Gasteiger charge is 2.47. The first-order valence-electron chi connectivity index (χ1n) is 13.4. The Morgan fingerprint density at radius 2 is 1.97 bits per heavy atom. The van der Waals surface area contributed by atoms with E-state index in [2.05, 4.69) is 21.3 Å². The topological polar surface area (TPSA) is 57.7 Å². The fraction of sp³-hybridized carbons (Fsp3) is 0.571. The SMILES string of the molecule is CCC[C@@H]1CC[C@@H](C(=O)N2Cc3cccnc3Nc3ccc(N4CC5CCC(C4)O5)cc32)CC1(F)F. The molecule has 4 heterocycles. The van der Waals surface area contributed by atoms with E-state index in [-0.39, 0.29) is 24.5 Å². The van der Waals surface area contributed by atoms with E-state index in [1.165, 1.54) is 0 Å². The minimum atomic E-state index is -2.81. The molecule has 8 heteroatoms. The summed E-state index contributed by atoms with van der Waals surface area (Å²) in [5.74, 6) is -3.65. The number of aromatic nitrogens is 1. The quantitative estimate of drug-likeness (QED) is 0.572. The minimum absolute atomic E-state index is 0.219. The fourth-order valence-corrected chi connectivity index (χ4v) is 6.48. The van der Waals surface area contributed by atoms with Gasteiger partial charge in [-0.1, -0.05) is 19.4 Å². The van der Waals surface area contributed by atoms with Gasteiger partial charge in [0, 0.05) is 48.8 Å². The number of benzene rings is 1. The predicted molar refractivity (Wildman–Crippen MR) is 136 cm³/mol. The third kappa shape index (κ3) is 4.33. The van der Waals surface area contributed by atoms with Crippen molar-refractivity contribution < 1.29 is 18.3 Å². The average molecular weight is 497 g/mol. The molecular weight excluding hydrogens is 462 g/mol. The molecule has 1 saturated carbocycles. The van der Waals surface area contributed by atoms with Crippen LogP contribution in [0.5, 0.6) is 0 Å². The molecule has 2 unspecified atom stereocenters. The Morgan fingerprint density at radius 3 is 2.72 bits per heavy atom. The van der Waals surface area contributed by atoms with E-state index in [1.807, 2.05) is 31.2 Å². The second-order valence-corrected chi connectivity index (χ2v) is 10.8. The first kappa shape index (κ1) is 23.6. The van der Waals surface area contributed by atoms with Gasteiger partial charge in [0.1, 0.15) is 5.82 Å². The summed E-state index contributed by atoms with van der Waals surface area (Å²) in [7, 11) is 0. The highest BCUT2D eigenvalue weighted by atomic mass is 19.3. The zero-order valence-corrected chi connectivity index (χ0v) is 20.8. The number of fused-ring (bicyclic) bond motifs is 4. The lowest BCUT2D eigenvalue weighted by Crippen LogP contribution is -2.44. The molecule has 1 N–H and O–H groups in total. The molecule has 36 heavy (non-hydrogen) atoms. The summed E-state index contributed by atoms with van der Waals surface area (Å²) < 4.78 is 36.1.